The zero-order valence-electron chi connectivity index (χ0n) is 17.1. The van der Waals surface area contributed by atoms with Crippen molar-refractivity contribution in [1.29, 1.82) is 0 Å². The van der Waals surface area contributed by atoms with Gasteiger partial charge in [-0.1, -0.05) is 67.3 Å². The number of benzene rings is 1. The highest BCUT2D eigenvalue weighted by Gasteiger charge is 2.30. The molecule has 0 spiro atoms. The van der Waals surface area contributed by atoms with Gasteiger partial charge in [-0.15, -0.1) is 0 Å². The second kappa shape index (κ2) is 10.4. The fraction of sp³-hybridized carbons (Fsp3) is 0.273. The second-order valence-electron chi connectivity index (χ2n) is 7.03. The summed E-state index contributed by atoms with van der Waals surface area (Å²) in [4.78, 5) is 16.6. The minimum atomic E-state index is -3.96. The summed E-state index contributed by atoms with van der Waals surface area (Å²) in [7, 11) is -3.96. The number of fused-ring (bicyclic) bond motifs is 1. The summed E-state index contributed by atoms with van der Waals surface area (Å²) >= 11 is 6.60. The molecule has 1 saturated heterocycles. The topological polar surface area (TPSA) is 77.9 Å². The van der Waals surface area contributed by atoms with Gasteiger partial charge in [0, 0.05) is 30.5 Å². The molecule has 1 fully saturated rings. The Morgan fingerprint density at radius 3 is 2.65 bits per heavy atom. The van der Waals surface area contributed by atoms with Gasteiger partial charge in [-0.2, -0.15) is 8.42 Å². The number of hydrogen-bond donors (Lipinski definition) is 1. The molecular formula is C22H24N2O4S3. The predicted molar refractivity (Wildman–Crippen MR) is 131 cm³/mol. The van der Waals surface area contributed by atoms with Crippen LogP contribution in [-0.4, -0.2) is 46.9 Å². The first-order valence-electron chi connectivity index (χ1n) is 9.92. The number of allylic oxidation sites excluding steroid dienone is 6. The van der Waals surface area contributed by atoms with Crippen molar-refractivity contribution < 1.29 is 17.8 Å². The Morgan fingerprint density at radius 1 is 1.16 bits per heavy atom. The van der Waals surface area contributed by atoms with Gasteiger partial charge in [0.25, 0.3) is 16.0 Å². The van der Waals surface area contributed by atoms with Crippen molar-refractivity contribution in [2.45, 2.75) is 19.8 Å². The van der Waals surface area contributed by atoms with Crippen molar-refractivity contribution in [3.63, 3.8) is 0 Å². The first kappa shape index (κ1) is 23.5. The molecule has 2 aliphatic rings. The van der Waals surface area contributed by atoms with Crippen LogP contribution in [0.3, 0.4) is 0 Å². The molecule has 0 saturated carbocycles. The number of amides is 1. The van der Waals surface area contributed by atoms with Gasteiger partial charge in [0.05, 0.1) is 10.7 Å². The maximum Gasteiger partial charge on any atom is 0.266 e. The molecular weight excluding hydrogens is 452 g/mol. The molecule has 31 heavy (non-hydrogen) atoms. The molecule has 1 N–H and O–H groups in total. The van der Waals surface area contributed by atoms with E-state index in [1.807, 2.05) is 66.6 Å². The van der Waals surface area contributed by atoms with E-state index in [1.165, 1.54) is 11.8 Å². The van der Waals surface area contributed by atoms with Crippen LogP contribution in [0.15, 0.2) is 65.8 Å². The summed E-state index contributed by atoms with van der Waals surface area (Å²) in [5.41, 5.74) is 3.00. The van der Waals surface area contributed by atoms with Gasteiger partial charge < -0.3 is 4.90 Å². The van der Waals surface area contributed by atoms with Crippen LogP contribution in [0.5, 0.6) is 0 Å². The van der Waals surface area contributed by atoms with Gasteiger partial charge >= 0.3 is 0 Å². The fourth-order valence-corrected chi connectivity index (χ4v) is 5.05. The maximum atomic E-state index is 12.4. The number of para-hydroxylation sites is 1. The molecule has 3 rings (SSSR count). The van der Waals surface area contributed by atoms with Gasteiger partial charge in [-0.05, 0) is 36.6 Å². The Kier molecular flexibility index (Phi) is 7.88. The van der Waals surface area contributed by atoms with Crippen LogP contribution in [0, 0.1) is 0 Å². The average Bonchev–Trinajstić information content (AvgIpc) is 2.99. The van der Waals surface area contributed by atoms with Crippen LogP contribution in [0.4, 0.5) is 5.69 Å². The Hall–Kier alpha value is -2.20. The number of nitrogens with zero attached hydrogens (tertiary/aromatic N) is 2. The molecule has 9 heteroatoms. The normalized spacial score (nSPS) is 19.3. The molecule has 1 amide bonds. The van der Waals surface area contributed by atoms with Crippen molar-refractivity contribution in [2.75, 3.05) is 23.7 Å². The minimum Gasteiger partial charge on any atom is -0.347 e. The summed E-state index contributed by atoms with van der Waals surface area (Å²) in [5.74, 6) is -0.312. The van der Waals surface area contributed by atoms with E-state index in [-0.39, 0.29) is 11.7 Å². The lowest BCUT2D eigenvalue weighted by Crippen LogP contribution is -2.28. The number of rotatable bonds is 8. The Labute approximate surface area is 192 Å². The lowest BCUT2D eigenvalue weighted by atomic mass is 9.99. The van der Waals surface area contributed by atoms with Crippen LogP contribution in [0.25, 0.3) is 5.57 Å². The number of thiocarbonyl (C=S) groups is 1. The zero-order chi connectivity index (χ0) is 22.4. The monoisotopic (exact) mass is 476 g/mol. The third-order valence-electron chi connectivity index (χ3n) is 4.72. The highest BCUT2D eigenvalue weighted by Crippen LogP contribution is 2.33. The van der Waals surface area contributed by atoms with Crippen LogP contribution in [0.2, 0.25) is 0 Å². The molecule has 6 nitrogen and oxygen atoms in total. The van der Waals surface area contributed by atoms with Crippen LogP contribution < -0.4 is 4.90 Å². The van der Waals surface area contributed by atoms with Gasteiger partial charge in [0.15, 0.2) is 0 Å². The van der Waals surface area contributed by atoms with E-state index < -0.39 is 10.1 Å². The molecule has 0 atom stereocenters. The molecule has 0 aliphatic carbocycles. The molecule has 2 aliphatic heterocycles. The van der Waals surface area contributed by atoms with Gasteiger partial charge in [-0.3, -0.25) is 14.2 Å². The highest BCUT2D eigenvalue weighted by atomic mass is 32.2. The smallest absolute Gasteiger partial charge is 0.266 e. The number of carbonyl (C=O) groups excluding carboxylic acids is 1. The first-order chi connectivity index (χ1) is 14.8. The highest BCUT2D eigenvalue weighted by molar-refractivity contribution is 8.26. The molecule has 0 bridgehead atoms. The third-order valence-corrected chi connectivity index (χ3v) is 6.92. The summed E-state index contributed by atoms with van der Waals surface area (Å²) in [6, 6.07) is 7.86. The summed E-state index contributed by atoms with van der Waals surface area (Å²) in [6.45, 7) is 3.13. The minimum absolute atomic E-state index is 0.0439. The van der Waals surface area contributed by atoms with E-state index >= 15 is 0 Å². The van der Waals surface area contributed by atoms with Crippen LogP contribution >= 0.6 is 24.0 Å². The van der Waals surface area contributed by atoms with Crippen LogP contribution in [-0.2, 0) is 14.9 Å². The lowest BCUT2D eigenvalue weighted by Gasteiger charge is -2.27. The van der Waals surface area contributed by atoms with Crippen molar-refractivity contribution in [3.8, 4) is 0 Å². The second-order valence-corrected chi connectivity index (χ2v) is 10.3. The van der Waals surface area contributed by atoms with Crippen molar-refractivity contribution in [3.05, 3.63) is 71.3 Å². The van der Waals surface area contributed by atoms with Gasteiger partial charge in [0.1, 0.15) is 4.32 Å². The molecule has 0 radical (unpaired) electrons. The standard InChI is InChI=1S/C22H24N2O4S3/c1-2-13-24-21(25)20(30-22(24)29)11-6-3-8-17-12-15-23(14-7-16-31(26,27)28)19-10-5-4-9-18(17)19/h3-6,8-12,15H,2,7,13-14,16H2,1H3,(H,26,27,28). The van der Waals surface area contributed by atoms with E-state index in [4.69, 9.17) is 16.8 Å². The van der Waals surface area contributed by atoms with Crippen molar-refractivity contribution in [2.24, 2.45) is 0 Å². The molecule has 0 unspecified atom stereocenters. The largest absolute Gasteiger partial charge is 0.347 e. The van der Waals surface area contributed by atoms with Gasteiger partial charge in [0.2, 0.25) is 0 Å². The number of thioether (sulfide) groups is 1. The SMILES string of the molecule is CCCN1C(=O)C(=CC=CC=C2C=CN(CCCS(=O)(=O)O)c3ccccc32)SC1=S. The van der Waals surface area contributed by atoms with E-state index in [0.29, 0.717) is 28.7 Å². The quantitative estimate of drug-likeness (QED) is 0.339. The summed E-state index contributed by atoms with van der Waals surface area (Å²) < 4.78 is 31.5. The van der Waals surface area contributed by atoms with E-state index in [2.05, 4.69) is 0 Å². The van der Waals surface area contributed by atoms with Crippen molar-refractivity contribution >= 4 is 55.6 Å². The van der Waals surface area contributed by atoms with E-state index in [1.54, 1.807) is 11.0 Å². The van der Waals surface area contributed by atoms with Gasteiger partial charge in [-0.25, -0.2) is 0 Å². The summed E-state index contributed by atoms with van der Waals surface area (Å²) in [6.07, 6.45) is 12.5. The number of hydrogen-bond acceptors (Lipinski definition) is 6. The number of carbonyl (C=O) groups is 1. The maximum absolute atomic E-state index is 12.4. The average molecular weight is 477 g/mol. The van der Waals surface area contributed by atoms with Crippen LogP contribution in [0.1, 0.15) is 25.3 Å². The Bertz CT molecular complexity index is 1090. The Balaban J connectivity index is 1.71. The number of anilines is 1. The Morgan fingerprint density at radius 2 is 1.90 bits per heavy atom. The fourth-order valence-electron chi connectivity index (χ4n) is 3.30. The lowest BCUT2D eigenvalue weighted by molar-refractivity contribution is -0.122. The predicted octanol–water partition coefficient (Wildman–Crippen LogP) is 4.39. The molecule has 1 aromatic carbocycles. The third kappa shape index (κ3) is 6.16. The van der Waals surface area contributed by atoms with E-state index in [9.17, 15) is 13.2 Å². The van der Waals surface area contributed by atoms with E-state index in [0.717, 1.165) is 23.2 Å². The summed E-state index contributed by atoms with van der Waals surface area (Å²) in [5, 5.41) is 0. The molecule has 2 heterocycles. The molecule has 1 aromatic rings. The molecule has 0 aromatic heterocycles. The molecule has 164 valence electrons. The van der Waals surface area contributed by atoms with Crippen molar-refractivity contribution in [1.82, 2.24) is 4.90 Å². The first-order valence-corrected chi connectivity index (χ1v) is 12.8. The zero-order valence-corrected chi connectivity index (χ0v) is 19.5.